The maximum Gasteiger partial charge on any atom is 3.00 e. The molecule has 11 aromatic carbocycles. The summed E-state index contributed by atoms with van der Waals surface area (Å²) in [6.07, 6.45) is 25.1. The summed E-state index contributed by atoms with van der Waals surface area (Å²) in [5.41, 5.74) is 26.6. The number of oxazole rings is 1. The second-order valence-electron chi connectivity index (χ2n) is 29.5. The van der Waals surface area contributed by atoms with Crippen LogP contribution in [0, 0.1) is 66.7 Å². The molecule has 0 unspecified atom stereocenters. The van der Waals surface area contributed by atoms with Crippen LogP contribution in [-0.4, -0.2) is 49.5 Å². The van der Waals surface area contributed by atoms with Gasteiger partial charge in [0, 0.05) is 91.0 Å². The van der Waals surface area contributed by atoms with Gasteiger partial charge in [0.05, 0.1) is 17.4 Å². The van der Waals surface area contributed by atoms with Crippen molar-refractivity contribution in [3.63, 3.8) is 0 Å². The molecule has 0 saturated heterocycles. The van der Waals surface area contributed by atoms with Crippen LogP contribution in [0.15, 0.2) is 376 Å². The second-order valence-corrected chi connectivity index (χ2v) is 30.2. The number of thiophene rings is 1. The summed E-state index contributed by atoms with van der Waals surface area (Å²) in [6, 6.07) is 128. The van der Waals surface area contributed by atoms with Crippen molar-refractivity contribution in [2.75, 3.05) is 16.3 Å². The molecule has 0 fully saturated rings. The molecule has 0 saturated carbocycles. The van der Waals surface area contributed by atoms with Gasteiger partial charge in [0.2, 0.25) is 0 Å². The van der Waals surface area contributed by atoms with Gasteiger partial charge in [0.15, 0.2) is 6.39 Å². The molecule has 130 heavy (non-hydrogen) atoms. The molecular formula is C108H68Au4N13O4S+. The summed E-state index contributed by atoms with van der Waals surface area (Å²) in [7, 11) is 4.04. The first-order valence-electron chi connectivity index (χ1n) is 40.6. The Morgan fingerprint density at radius 3 is 2.05 bits per heavy atom. The first-order valence-corrected chi connectivity index (χ1v) is 41.5. The van der Waals surface area contributed by atoms with E-state index < -0.39 is 0 Å². The van der Waals surface area contributed by atoms with Crippen LogP contribution < -0.4 is 19.4 Å². The number of aryl methyl sites for hydroxylation is 2. The van der Waals surface area contributed by atoms with Crippen LogP contribution in [-0.2, 0) is 104 Å². The van der Waals surface area contributed by atoms with E-state index in [9.17, 15) is 0 Å². The molecule has 0 atom stereocenters. The number of fused-ring (bicyclic) bond motifs is 8. The molecule has 24 aromatic rings. The number of anilines is 5. The van der Waals surface area contributed by atoms with Crippen LogP contribution in [0.2, 0.25) is 0 Å². The van der Waals surface area contributed by atoms with Crippen molar-refractivity contribution in [2.45, 2.75) is 0 Å². The van der Waals surface area contributed by atoms with E-state index in [1.54, 1.807) is 34.7 Å². The number of hydrogen-bond acceptors (Lipinski definition) is 11. The molecule has 0 aliphatic heterocycles. The van der Waals surface area contributed by atoms with Crippen LogP contribution in [0.4, 0.5) is 28.4 Å². The molecule has 24 rings (SSSR count). The number of para-hydroxylation sites is 3. The molecule has 0 aliphatic carbocycles. The van der Waals surface area contributed by atoms with Crippen molar-refractivity contribution in [1.82, 2.24) is 48.0 Å². The van der Waals surface area contributed by atoms with Crippen LogP contribution >= 0.6 is 11.3 Å². The first-order chi connectivity index (χ1) is 62.3. The fraction of sp³-hybridized carbons (Fsp3) is 0.0278. The largest absolute Gasteiger partial charge is 3.00 e. The van der Waals surface area contributed by atoms with Crippen LogP contribution in [0.25, 0.3) is 162 Å². The van der Waals surface area contributed by atoms with Crippen LogP contribution in [0.1, 0.15) is 5.56 Å². The molecule has 13 heterocycles. The van der Waals surface area contributed by atoms with Crippen molar-refractivity contribution in [3.8, 4) is 78.7 Å². The van der Waals surface area contributed by atoms with Gasteiger partial charge in [-0.25, -0.2) is 55.1 Å². The van der Waals surface area contributed by atoms with Gasteiger partial charge in [-0.3, -0.25) is 10.8 Å². The predicted molar refractivity (Wildman–Crippen MR) is 495 cm³/mol. The zero-order valence-electron chi connectivity index (χ0n) is 68.9. The number of hydrogen-bond donors (Lipinski definition) is 0. The fourth-order valence-corrected chi connectivity index (χ4v) is 16.4. The molecule has 13 aromatic heterocycles. The van der Waals surface area contributed by atoms with E-state index in [0.717, 1.165) is 162 Å². The first kappa shape index (κ1) is 88.2. The molecular weight excluding hydrogens is 2360 g/mol. The maximum absolute atomic E-state index is 5.88. The molecule has 638 valence electrons. The third-order valence-electron chi connectivity index (χ3n) is 21.6. The zero-order chi connectivity index (χ0) is 84.2. The summed E-state index contributed by atoms with van der Waals surface area (Å²) in [4.78, 5) is 22.3. The Labute approximate surface area is 815 Å². The monoisotopic (exact) mass is 2430 g/mol. The van der Waals surface area contributed by atoms with Gasteiger partial charge < -0.3 is 55.3 Å². The van der Waals surface area contributed by atoms with Gasteiger partial charge in [0.1, 0.15) is 11.3 Å². The van der Waals surface area contributed by atoms with E-state index >= 15 is 0 Å². The minimum atomic E-state index is 0. The zero-order valence-corrected chi connectivity index (χ0v) is 78.4. The molecule has 0 bridgehead atoms. The van der Waals surface area contributed by atoms with Crippen molar-refractivity contribution in [3.05, 3.63) is 431 Å². The molecule has 0 aliphatic rings. The van der Waals surface area contributed by atoms with Gasteiger partial charge in [0.25, 0.3) is 5.78 Å². The van der Waals surface area contributed by atoms with E-state index in [2.05, 4.69) is 279 Å². The Morgan fingerprint density at radius 1 is 0.508 bits per heavy atom. The van der Waals surface area contributed by atoms with Crippen LogP contribution in [0.3, 0.4) is 0 Å². The van der Waals surface area contributed by atoms with Gasteiger partial charge in [-0.15, -0.1) is 161 Å². The van der Waals surface area contributed by atoms with E-state index in [4.69, 9.17) is 17.7 Å². The van der Waals surface area contributed by atoms with E-state index in [1.807, 2.05) is 199 Å². The van der Waals surface area contributed by atoms with Crippen molar-refractivity contribution in [2.24, 2.45) is 14.1 Å². The van der Waals surface area contributed by atoms with Crippen molar-refractivity contribution >= 4 is 123 Å². The third-order valence-corrected chi connectivity index (χ3v) is 22.3. The Balaban J connectivity index is 0.000000121. The topological polar surface area (TPSA) is 153 Å². The molecule has 0 amide bonds. The predicted octanol–water partition coefficient (Wildman–Crippen LogP) is 24.6. The normalized spacial score (nSPS) is 11.1. The molecule has 17 nitrogen and oxygen atoms in total. The number of nitrogens with zero attached hydrogens (tertiary/aromatic N) is 13. The molecule has 22 heteroatoms. The second kappa shape index (κ2) is 39.8. The van der Waals surface area contributed by atoms with E-state index in [1.165, 1.54) is 17.2 Å². The van der Waals surface area contributed by atoms with Gasteiger partial charge in [-0.1, -0.05) is 118 Å². The number of pyridine rings is 2. The average Bonchev–Trinajstić information content (AvgIpc) is 1.59. The van der Waals surface area contributed by atoms with Gasteiger partial charge in [-0.05, 0) is 124 Å². The summed E-state index contributed by atoms with van der Waals surface area (Å²) < 4.78 is 34.3. The van der Waals surface area contributed by atoms with Gasteiger partial charge in [-0.2, -0.15) is 76.7 Å². The van der Waals surface area contributed by atoms with E-state index in [0.29, 0.717) is 23.6 Å². The summed E-state index contributed by atoms with van der Waals surface area (Å²) in [5, 5.41) is 12.6. The molecule has 0 radical (unpaired) electrons. The minimum absolute atomic E-state index is 0. The quantitative estimate of drug-likeness (QED) is 0.0486. The maximum atomic E-state index is 5.88. The standard InChI is InChI=1S/C33H20N3O.C29H17N2.C27H21N5O2.C19H10N3OS.4Au/c1-2-10-26(11-3-1)36(28-13-4-8-25(22-28)30-15-6-16-32-31(30)18-21-37-32)29-14-5-12-27(23-29)35-20-17-24-9-7-19-34-33(24)35;1-2-9-21(10-3-1)22-11-8-12-24(19-22)31-28-15-5-4-13-25(28)26-17-16-23(20-29(26)31)27-14-6-7-18-30-27;1-30-15-23(25-26(30)31(2)17-28-25)19-8-6-12-22(14-19)32(21-10-4-3-5-11-21)13-7-9-20-16-33-27-24(20)29-18-34-27;1-3-15(11-16(4-1)22-8-2-7-20-22)21-9-5-18-17(21)12-19(23-18)14-6-10-24-13-14;;;;/h1-17,19-21H;1-9,11-18H;3-6,8-12,15-18H,13H2,1-2H3;1-5,7-10,13H;;;;/q2*-3;-2;-3;4*+3. The molecule has 0 spiro atoms. The third kappa shape index (κ3) is 18.0. The van der Waals surface area contributed by atoms with Crippen molar-refractivity contribution in [1.29, 1.82) is 0 Å². The summed E-state index contributed by atoms with van der Waals surface area (Å²) >= 11 is 1.59. The van der Waals surface area contributed by atoms with Crippen LogP contribution in [0.5, 0.6) is 0 Å². The Bertz CT molecular complexity index is 7970. The van der Waals surface area contributed by atoms with Crippen molar-refractivity contribution < 1.29 is 112 Å². The number of imidazole rings is 1. The Hall–Kier alpha value is -13.9. The fourth-order valence-electron chi connectivity index (χ4n) is 15.8. The number of aromatic nitrogens is 11. The summed E-state index contributed by atoms with van der Waals surface area (Å²) in [5.74, 6) is 1.12. The Kier molecular flexibility index (Phi) is 27.0. The van der Waals surface area contributed by atoms with Gasteiger partial charge >= 0.3 is 89.5 Å². The summed E-state index contributed by atoms with van der Waals surface area (Å²) in [6.45, 7) is 0.516. The Morgan fingerprint density at radius 2 is 1.23 bits per heavy atom. The number of benzene rings is 11. The minimum Gasteiger partial charge on any atom is -0.596 e. The average molecular weight is 2430 g/mol. The SMILES string of the molecule is Cn1cc(-c2[c-]c(N(C[C-]=Cc3coc4ocnc34)c3ccccc3)ccc2)c2[n-]c[n+](C)c21.[Au+3].[Au+3].[Au+3].[Au+3].[c-]1c(-c2cccc3oc[c-]c23)cccc1N(c1[c-]c(-n2ccc3cccnc32)ccc1)c1ccccc1.[c-]1ccccc1-c1[c-]c(-n2c3[c-]c(-c4ccccn4)ccc3c3ccccc32)ccc1.[c-]1cscc1-c1[c-]c2c(ccn2-c2[c-]c(-n3cccn3)ccc2)o1. The van der Waals surface area contributed by atoms with E-state index in [-0.39, 0.29) is 89.5 Å². The molecule has 0 N–H and O–H groups in total. The smallest absolute Gasteiger partial charge is 0.596 e. The number of furan rings is 3. The number of rotatable bonds is 17.